The number of carboxylic acid groups (broad SMARTS) is 1. The van der Waals surface area contributed by atoms with Gasteiger partial charge in [-0.15, -0.1) is 10.2 Å². The predicted molar refractivity (Wildman–Crippen MR) is 164 cm³/mol. The predicted octanol–water partition coefficient (Wildman–Crippen LogP) is 1.80. The van der Waals surface area contributed by atoms with E-state index in [1.165, 1.54) is 7.05 Å². The van der Waals surface area contributed by atoms with E-state index in [-0.39, 0.29) is 41.4 Å². The molecule has 3 aromatic rings. The highest BCUT2D eigenvalue weighted by atomic mass is 19.4. The molecule has 2 atom stereocenters. The Labute approximate surface area is 290 Å². The van der Waals surface area contributed by atoms with Gasteiger partial charge in [0.25, 0.3) is 18.2 Å². The minimum Gasteiger partial charge on any atom is -0.475 e. The summed E-state index contributed by atoms with van der Waals surface area (Å²) in [6.45, 7) is 1.83. The molecule has 3 aliphatic heterocycles. The van der Waals surface area contributed by atoms with Crippen LogP contribution in [0.1, 0.15) is 95.0 Å². The van der Waals surface area contributed by atoms with Crippen LogP contribution in [0.2, 0.25) is 0 Å². The number of benzene rings is 1. The number of fused-ring (bicyclic) bond motifs is 1. The molecule has 3 fully saturated rings. The lowest BCUT2D eigenvalue weighted by atomic mass is 10.0. The molecule has 0 spiro atoms. The smallest absolute Gasteiger partial charge is 0.475 e. The molecule has 2 aromatic heterocycles. The number of alkyl halides is 5. The second kappa shape index (κ2) is 14.3. The number of anilines is 1. The van der Waals surface area contributed by atoms with E-state index in [9.17, 15) is 41.1 Å². The summed E-state index contributed by atoms with van der Waals surface area (Å²) in [6, 6.07) is 3.27. The number of halogens is 5. The number of tetrazole rings is 1. The van der Waals surface area contributed by atoms with Gasteiger partial charge in [-0.1, -0.05) is 18.1 Å². The molecule has 22 heteroatoms. The maximum absolute atomic E-state index is 14.3. The van der Waals surface area contributed by atoms with Crippen molar-refractivity contribution in [2.24, 2.45) is 7.05 Å². The van der Waals surface area contributed by atoms with Gasteiger partial charge >= 0.3 is 12.1 Å². The van der Waals surface area contributed by atoms with Gasteiger partial charge in [-0.2, -0.15) is 13.2 Å². The minimum absolute atomic E-state index is 0.0424. The average Bonchev–Trinajstić information content (AvgIpc) is 3.90. The van der Waals surface area contributed by atoms with Crippen molar-refractivity contribution in [2.75, 3.05) is 31.1 Å². The fraction of sp³-hybridized carbons (Fsp3) is 0.533. The van der Waals surface area contributed by atoms with Gasteiger partial charge in [0.05, 0.1) is 17.2 Å². The molecule has 2 unspecified atom stereocenters. The molecule has 52 heavy (non-hydrogen) atoms. The van der Waals surface area contributed by atoms with Crippen molar-refractivity contribution < 1.29 is 51.0 Å². The number of imide groups is 2. The number of amides is 4. The zero-order valence-corrected chi connectivity index (χ0v) is 27.5. The molecule has 2 N–H and O–H groups in total. The minimum atomic E-state index is -5.08. The molecule has 1 saturated carbocycles. The number of piperidine rings is 1. The lowest BCUT2D eigenvalue weighted by Gasteiger charge is -2.39. The number of nitrogens with one attached hydrogen (secondary N) is 1. The van der Waals surface area contributed by atoms with Crippen LogP contribution in [0.3, 0.4) is 0 Å². The summed E-state index contributed by atoms with van der Waals surface area (Å²) >= 11 is 0. The zero-order chi connectivity index (χ0) is 37.5. The van der Waals surface area contributed by atoms with Crippen molar-refractivity contribution in [1.29, 1.82) is 0 Å². The van der Waals surface area contributed by atoms with Crippen LogP contribution in [0.25, 0.3) is 0 Å². The van der Waals surface area contributed by atoms with Crippen LogP contribution in [0.5, 0.6) is 0 Å². The third kappa shape index (κ3) is 6.93. The van der Waals surface area contributed by atoms with Gasteiger partial charge in [0.2, 0.25) is 11.8 Å². The van der Waals surface area contributed by atoms with Crippen molar-refractivity contribution in [3.05, 3.63) is 46.5 Å². The molecule has 1 aliphatic carbocycles. The summed E-state index contributed by atoms with van der Waals surface area (Å²) in [6.07, 6.45) is -3.87. The van der Waals surface area contributed by atoms with Gasteiger partial charge < -0.3 is 10.0 Å². The normalized spacial score (nSPS) is 20.6. The van der Waals surface area contributed by atoms with Crippen molar-refractivity contribution in [3.63, 3.8) is 0 Å². The first-order valence-electron chi connectivity index (χ1n) is 16.3. The first-order chi connectivity index (χ1) is 24.7. The van der Waals surface area contributed by atoms with Crippen LogP contribution >= 0.6 is 0 Å². The molecule has 17 nitrogen and oxygen atoms in total. The van der Waals surface area contributed by atoms with Gasteiger partial charge in [-0.25, -0.2) is 22.9 Å². The quantitative estimate of drug-likeness (QED) is 0.263. The Morgan fingerprint density at radius 1 is 0.942 bits per heavy atom. The summed E-state index contributed by atoms with van der Waals surface area (Å²) in [4.78, 5) is 64.4. The second-order valence-electron chi connectivity index (χ2n) is 12.6. The first kappa shape index (κ1) is 36.4. The van der Waals surface area contributed by atoms with E-state index in [4.69, 9.17) is 9.90 Å². The van der Waals surface area contributed by atoms with Crippen LogP contribution in [0.15, 0.2) is 18.2 Å². The number of rotatable bonds is 7. The van der Waals surface area contributed by atoms with E-state index in [1.807, 2.05) is 9.80 Å². The van der Waals surface area contributed by atoms with Crippen LogP contribution in [-0.2, 0) is 21.4 Å². The molecule has 278 valence electrons. The molecule has 4 aliphatic rings. The van der Waals surface area contributed by atoms with Crippen molar-refractivity contribution in [2.45, 2.75) is 69.3 Å². The fourth-order valence-corrected chi connectivity index (χ4v) is 6.97. The van der Waals surface area contributed by atoms with Crippen molar-refractivity contribution >= 4 is 35.3 Å². The Morgan fingerprint density at radius 2 is 1.60 bits per heavy atom. The van der Waals surface area contributed by atoms with Crippen molar-refractivity contribution in [1.82, 2.24) is 50.3 Å². The van der Waals surface area contributed by atoms with Gasteiger partial charge in [-0.05, 0) is 47.9 Å². The number of hydrogen-bond acceptors (Lipinski definition) is 12. The molecule has 5 heterocycles. The highest BCUT2D eigenvalue weighted by molar-refractivity contribution is 6.23. The maximum atomic E-state index is 14.3. The van der Waals surface area contributed by atoms with E-state index in [0.29, 0.717) is 37.7 Å². The summed E-state index contributed by atoms with van der Waals surface area (Å²) in [5.41, 5.74) is 0.934. The number of aromatic nitrogens is 7. The molecule has 7 rings (SSSR count). The number of aryl methyl sites for hydroxylation is 1. The Hall–Kier alpha value is -5.41. The number of hydrogen-bond donors (Lipinski definition) is 2. The van der Waals surface area contributed by atoms with Crippen LogP contribution in [-0.4, -0.2) is 118 Å². The molecule has 0 radical (unpaired) electrons. The number of carboxylic acids is 1. The zero-order valence-electron chi connectivity index (χ0n) is 27.5. The van der Waals surface area contributed by atoms with Gasteiger partial charge in [0.15, 0.2) is 5.82 Å². The largest absolute Gasteiger partial charge is 0.490 e. The van der Waals surface area contributed by atoms with Gasteiger partial charge in [0.1, 0.15) is 23.5 Å². The van der Waals surface area contributed by atoms with Crippen LogP contribution in [0.4, 0.5) is 27.6 Å². The summed E-state index contributed by atoms with van der Waals surface area (Å²) < 4.78 is 63.1. The first-order valence-corrected chi connectivity index (χ1v) is 16.3. The Balaban J connectivity index is 0.000000604. The molecule has 0 bridgehead atoms. The number of carbonyl (C=O) groups is 5. The topological polar surface area (TPSA) is 202 Å². The number of carbonyl (C=O) groups excluding carboxylic acids is 4. The standard InChI is InChI=1S/C28H31F2N11O4.C2HF3O2/c1-37-22(24(29)30)21(32-35-37)23(25-33-34-36-41(25)15-4-2-3-5-15)39-12-10-38(11-13-39)16-6-7-17-18(14-16)28(45)40(27(17)44)19-8-9-20(42)31-26(19)43;3-2(4,5)1(6)7/h6-7,14-15,19,23-24H,2-5,8-13H2,1H3,(H,31,42,43);(H,6,7). The maximum Gasteiger partial charge on any atom is 0.490 e. The van der Waals surface area contributed by atoms with E-state index in [2.05, 4.69) is 31.2 Å². The SMILES string of the molecule is Cn1nnc(C(c2nnnn2C2CCCC2)N2CCN(c3ccc4c(c3)C(=O)N(C3CCC(=O)NC3=O)C4=O)CC2)c1C(F)F.O=C(O)C(F)(F)F. The number of nitrogens with zero attached hydrogens (tertiary/aromatic N) is 10. The average molecular weight is 738 g/mol. The second-order valence-corrected chi connectivity index (χ2v) is 12.6. The Kier molecular flexibility index (Phi) is 10.0. The summed E-state index contributed by atoms with van der Waals surface area (Å²) in [7, 11) is 1.44. The highest BCUT2D eigenvalue weighted by Gasteiger charge is 2.45. The summed E-state index contributed by atoms with van der Waals surface area (Å²) in [5, 5.41) is 29.9. The molecule has 2 saturated heterocycles. The number of aliphatic carboxylic acids is 1. The molecule has 1 aromatic carbocycles. The number of piperazine rings is 1. The van der Waals surface area contributed by atoms with Gasteiger partial charge in [-0.3, -0.25) is 34.3 Å². The molecule has 4 amide bonds. The lowest BCUT2D eigenvalue weighted by Crippen LogP contribution is -2.54. The Morgan fingerprint density at radius 3 is 2.21 bits per heavy atom. The third-order valence-electron chi connectivity index (χ3n) is 9.51. The van der Waals surface area contributed by atoms with Crippen molar-refractivity contribution in [3.8, 4) is 0 Å². The van der Waals surface area contributed by atoms with E-state index >= 15 is 0 Å². The van der Waals surface area contributed by atoms with Crippen LogP contribution < -0.4 is 10.2 Å². The molecular formula is C30H32F5N11O6. The van der Waals surface area contributed by atoms with E-state index < -0.39 is 54.3 Å². The van der Waals surface area contributed by atoms with E-state index in [1.54, 1.807) is 22.9 Å². The fourth-order valence-electron chi connectivity index (χ4n) is 6.97. The lowest BCUT2D eigenvalue weighted by molar-refractivity contribution is -0.192. The van der Waals surface area contributed by atoms with Gasteiger partial charge in [0, 0.05) is 45.3 Å². The monoisotopic (exact) mass is 737 g/mol. The molecular weight excluding hydrogens is 705 g/mol. The highest BCUT2D eigenvalue weighted by Crippen LogP contribution is 2.37. The van der Waals surface area contributed by atoms with Crippen LogP contribution in [0, 0.1) is 0 Å². The Bertz CT molecular complexity index is 1880. The third-order valence-corrected chi connectivity index (χ3v) is 9.51. The summed E-state index contributed by atoms with van der Waals surface area (Å²) in [5.74, 6) is -4.55. The van der Waals surface area contributed by atoms with E-state index in [0.717, 1.165) is 35.3 Å².